The molecule has 1 aromatic rings. The highest BCUT2D eigenvalue weighted by Gasteiger charge is 2.24. The summed E-state index contributed by atoms with van der Waals surface area (Å²) >= 11 is 5.75. The summed E-state index contributed by atoms with van der Waals surface area (Å²) in [5.41, 5.74) is 0.814. The van der Waals surface area contributed by atoms with E-state index in [2.05, 4.69) is 20.5 Å². The molecular formula is C18H28ClFIN5O. The van der Waals surface area contributed by atoms with Crippen LogP contribution in [0.2, 0.25) is 5.02 Å². The van der Waals surface area contributed by atoms with Crippen LogP contribution in [0.4, 0.5) is 10.1 Å². The molecule has 6 nitrogen and oxygen atoms in total. The van der Waals surface area contributed by atoms with Crippen molar-refractivity contribution in [2.24, 2.45) is 4.99 Å². The Morgan fingerprint density at radius 1 is 1.44 bits per heavy atom. The second-order valence-electron chi connectivity index (χ2n) is 6.93. The Kier molecular flexibility index (Phi) is 9.58. The molecule has 152 valence electrons. The lowest BCUT2D eigenvalue weighted by atomic mass is 10.2. The second-order valence-corrected chi connectivity index (χ2v) is 7.33. The summed E-state index contributed by atoms with van der Waals surface area (Å²) < 4.78 is 13.7. The highest BCUT2D eigenvalue weighted by molar-refractivity contribution is 14.0. The maximum Gasteiger partial charge on any atom is 0.243 e. The SMILES string of the molecule is CC(C)NC(=NCC(=O)N(C)C)NC1CCN(c2ccc(Cl)c(F)c2)C1.I. The molecule has 2 rings (SSSR count). The summed E-state index contributed by atoms with van der Waals surface area (Å²) in [5.74, 6) is 0.149. The van der Waals surface area contributed by atoms with Crippen LogP contribution in [-0.2, 0) is 4.79 Å². The first-order valence-corrected chi connectivity index (χ1v) is 9.11. The molecule has 0 spiro atoms. The van der Waals surface area contributed by atoms with E-state index in [1.54, 1.807) is 20.2 Å². The maximum absolute atomic E-state index is 13.7. The van der Waals surface area contributed by atoms with Gasteiger partial charge < -0.3 is 20.4 Å². The summed E-state index contributed by atoms with van der Waals surface area (Å²) in [5, 5.41) is 6.75. The molecule has 27 heavy (non-hydrogen) atoms. The average molecular weight is 512 g/mol. The van der Waals surface area contributed by atoms with Gasteiger partial charge in [0.1, 0.15) is 12.4 Å². The number of carbonyl (C=O) groups is 1. The standard InChI is InChI=1S/C18H27ClFN5O.HI/c1-12(2)22-18(21-10-17(26)24(3)4)23-13-7-8-25(11-13)14-5-6-15(19)16(20)9-14;/h5-6,9,12-13H,7-8,10-11H2,1-4H3,(H2,21,22,23);1H. The van der Waals surface area contributed by atoms with Gasteiger partial charge in [-0.15, -0.1) is 24.0 Å². The van der Waals surface area contributed by atoms with Crippen LogP contribution in [0.15, 0.2) is 23.2 Å². The van der Waals surface area contributed by atoms with Crippen LogP contribution in [0, 0.1) is 5.82 Å². The fraction of sp³-hybridized carbons (Fsp3) is 0.556. The summed E-state index contributed by atoms with van der Waals surface area (Å²) in [6, 6.07) is 5.21. The van der Waals surface area contributed by atoms with E-state index in [1.807, 2.05) is 19.9 Å². The largest absolute Gasteiger partial charge is 0.369 e. The number of halogens is 3. The zero-order chi connectivity index (χ0) is 19.3. The van der Waals surface area contributed by atoms with E-state index in [-0.39, 0.29) is 53.5 Å². The van der Waals surface area contributed by atoms with Gasteiger partial charge in [0.05, 0.1) is 5.02 Å². The molecule has 1 aliphatic heterocycles. The van der Waals surface area contributed by atoms with Crippen LogP contribution in [0.5, 0.6) is 0 Å². The number of anilines is 1. The number of guanidine groups is 1. The molecule has 1 heterocycles. The molecule has 1 aliphatic rings. The molecule has 1 amide bonds. The minimum atomic E-state index is -0.411. The minimum Gasteiger partial charge on any atom is -0.369 e. The number of amides is 1. The summed E-state index contributed by atoms with van der Waals surface area (Å²) in [6.07, 6.45) is 0.894. The van der Waals surface area contributed by atoms with Gasteiger partial charge in [0.25, 0.3) is 0 Å². The molecule has 1 aromatic carbocycles. The molecule has 0 saturated carbocycles. The molecule has 1 unspecified atom stereocenters. The van der Waals surface area contributed by atoms with Gasteiger partial charge in [-0.25, -0.2) is 9.38 Å². The number of hydrogen-bond acceptors (Lipinski definition) is 3. The molecule has 9 heteroatoms. The van der Waals surface area contributed by atoms with Crippen molar-refractivity contribution in [3.05, 3.63) is 29.0 Å². The van der Waals surface area contributed by atoms with E-state index in [9.17, 15) is 9.18 Å². The molecule has 0 radical (unpaired) electrons. The number of rotatable bonds is 5. The van der Waals surface area contributed by atoms with Crippen molar-refractivity contribution in [2.45, 2.75) is 32.4 Å². The Morgan fingerprint density at radius 3 is 2.74 bits per heavy atom. The number of nitrogens with one attached hydrogen (secondary N) is 2. The lowest BCUT2D eigenvalue weighted by molar-refractivity contribution is -0.127. The van der Waals surface area contributed by atoms with Gasteiger partial charge in [-0.2, -0.15) is 0 Å². The third kappa shape index (κ3) is 7.33. The third-order valence-electron chi connectivity index (χ3n) is 4.09. The van der Waals surface area contributed by atoms with Crippen molar-refractivity contribution < 1.29 is 9.18 Å². The van der Waals surface area contributed by atoms with E-state index in [1.165, 1.54) is 11.0 Å². The molecule has 0 aliphatic carbocycles. The Hall–Kier alpha value is -1.29. The smallest absolute Gasteiger partial charge is 0.243 e. The number of likely N-dealkylation sites (N-methyl/N-ethyl adjacent to an activating group) is 1. The minimum absolute atomic E-state index is 0. The Bertz CT molecular complexity index is 671. The Balaban J connectivity index is 0.00000364. The monoisotopic (exact) mass is 511 g/mol. The predicted octanol–water partition coefficient (Wildman–Crippen LogP) is 2.71. The average Bonchev–Trinajstić information content (AvgIpc) is 3.02. The predicted molar refractivity (Wildman–Crippen MR) is 120 cm³/mol. The van der Waals surface area contributed by atoms with Crippen molar-refractivity contribution in [3.63, 3.8) is 0 Å². The highest BCUT2D eigenvalue weighted by atomic mass is 127. The van der Waals surface area contributed by atoms with Crippen molar-refractivity contribution in [3.8, 4) is 0 Å². The van der Waals surface area contributed by atoms with Gasteiger partial charge in [-0.1, -0.05) is 11.6 Å². The van der Waals surface area contributed by atoms with E-state index in [4.69, 9.17) is 11.6 Å². The van der Waals surface area contributed by atoms with Crippen molar-refractivity contribution in [1.29, 1.82) is 0 Å². The summed E-state index contributed by atoms with van der Waals surface area (Å²) in [7, 11) is 3.42. The van der Waals surface area contributed by atoms with E-state index >= 15 is 0 Å². The van der Waals surface area contributed by atoms with Gasteiger partial charge >= 0.3 is 0 Å². The first-order valence-electron chi connectivity index (χ1n) is 8.74. The summed E-state index contributed by atoms with van der Waals surface area (Å²) in [4.78, 5) is 19.8. The molecular weight excluding hydrogens is 484 g/mol. The molecule has 0 bridgehead atoms. The molecule has 1 saturated heterocycles. The lowest BCUT2D eigenvalue weighted by Crippen LogP contribution is -2.47. The first kappa shape index (κ1) is 23.7. The van der Waals surface area contributed by atoms with Crippen molar-refractivity contribution in [1.82, 2.24) is 15.5 Å². The quantitative estimate of drug-likeness (QED) is 0.363. The Morgan fingerprint density at radius 2 is 2.15 bits per heavy atom. The number of carbonyl (C=O) groups excluding carboxylic acids is 1. The van der Waals surface area contributed by atoms with Crippen LogP contribution in [0.25, 0.3) is 0 Å². The number of benzene rings is 1. The second kappa shape index (κ2) is 10.9. The third-order valence-corrected chi connectivity index (χ3v) is 4.40. The number of aliphatic imine (C=N–C) groups is 1. The van der Waals surface area contributed by atoms with E-state index < -0.39 is 5.82 Å². The maximum atomic E-state index is 13.7. The topological polar surface area (TPSA) is 60.0 Å². The Labute approximate surface area is 182 Å². The lowest BCUT2D eigenvalue weighted by Gasteiger charge is -2.22. The zero-order valence-electron chi connectivity index (χ0n) is 16.1. The van der Waals surface area contributed by atoms with Gasteiger partial charge in [0, 0.05) is 45.0 Å². The number of hydrogen-bond donors (Lipinski definition) is 2. The van der Waals surface area contributed by atoms with Crippen LogP contribution >= 0.6 is 35.6 Å². The molecule has 2 N–H and O–H groups in total. The van der Waals surface area contributed by atoms with E-state index in [0.29, 0.717) is 5.96 Å². The highest BCUT2D eigenvalue weighted by Crippen LogP contribution is 2.25. The van der Waals surface area contributed by atoms with Crippen molar-refractivity contribution >= 4 is 53.1 Å². The normalized spacial score (nSPS) is 16.9. The van der Waals surface area contributed by atoms with Gasteiger partial charge in [0.15, 0.2) is 5.96 Å². The van der Waals surface area contributed by atoms with Gasteiger partial charge in [-0.05, 0) is 38.5 Å². The van der Waals surface area contributed by atoms with Gasteiger partial charge in [-0.3, -0.25) is 4.79 Å². The molecule has 1 fully saturated rings. The van der Waals surface area contributed by atoms with Crippen LogP contribution in [0.1, 0.15) is 20.3 Å². The van der Waals surface area contributed by atoms with Crippen molar-refractivity contribution in [2.75, 3.05) is 38.6 Å². The summed E-state index contributed by atoms with van der Waals surface area (Å²) in [6.45, 7) is 5.66. The van der Waals surface area contributed by atoms with Gasteiger partial charge in [0.2, 0.25) is 5.91 Å². The molecule has 1 atom stereocenters. The van der Waals surface area contributed by atoms with Crippen LogP contribution in [0.3, 0.4) is 0 Å². The van der Waals surface area contributed by atoms with Crippen LogP contribution < -0.4 is 15.5 Å². The van der Waals surface area contributed by atoms with Crippen LogP contribution in [-0.4, -0.2) is 62.6 Å². The number of nitrogens with zero attached hydrogens (tertiary/aromatic N) is 3. The first-order chi connectivity index (χ1) is 12.3. The van der Waals surface area contributed by atoms with E-state index in [0.717, 1.165) is 25.2 Å². The fourth-order valence-electron chi connectivity index (χ4n) is 2.68. The fourth-order valence-corrected chi connectivity index (χ4v) is 2.80. The zero-order valence-corrected chi connectivity index (χ0v) is 19.2. The molecule has 0 aromatic heterocycles.